The number of rotatable bonds is 2. The van der Waals surface area contributed by atoms with Gasteiger partial charge >= 0.3 is 6.09 Å². The third-order valence-electron chi connectivity index (χ3n) is 4.57. The minimum Gasteiger partial charge on any atom is -0.433 e. The van der Waals surface area contributed by atoms with E-state index in [1.54, 1.807) is 17.2 Å². The fourth-order valence-corrected chi connectivity index (χ4v) is 3.43. The van der Waals surface area contributed by atoms with E-state index in [2.05, 4.69) is 0 Å². The van der Waals surface area contributed by atoms with Crippen molar-refractivity contribution in [3.8, 4) is 0 Å². The monoisotopic (exact) mass is 331 g/mol. The fourth-order valence-electron chi connectivity index (χ4n) is 3.43. The minimum absolute atomic E-state index is 0.000469. The van der Waals surface area contributed by atoms with Crippen LogP contribution in [-0.2, 0) is 20.7 Å². The van der Waals surface area contributed by atoms with Crippen LogP contribution in [0.5, 0.6) is 0 Å². The van der Waals surface area contributed by atoms with Crippen LogP contribution in [-0.4, -0.2) is 36.5 Å². The van der Waals surface area contributed by atoms with Crippen molar-refractivity contribution in [2.75, 3.05) is 16.3 Å². The van der Waals surface area contributed by atoms with Gasteiger partial charge in [0.05, 0.1) is 17.4 Å². The van der Waals surface area contributed by atoms with Crippen molar-refractivity contribution in [1.82, 2.24) is 0 Å². The maximum Gasteiger partial charge on any atom is 0.415 e. The molecule has 1 fully saturated rings. The molecule has 0 saturated carbocycles. The van der Waals surface area contributed by atoms with Crippen molar-refractivity contribution in [2.24, 2.45) is 5.73 Å². The Labute approximate surface area is 136 Å². The van der Waals surface area contributed by atoms with E-state index in [1.807, 2.05) is 0 Å². The molecule has 2 N–H and O–H groups in total. The van der Waals surface area contributed by atoms with Gasteiger partial charge in [0.1, 0.15) is 5.82 Å². The SMILES string of the molecule is NC(=O)[C@@H]1OC(=O)N2c3cc(F)c(N4C=CC(=O)CC4)cc3C[C@@H]12. The molecule has 3 aliphatic rings. The number of ketones is 1. The molecule has 2 amide bonds. The lowest BCUT2D eigenvalue weighted by Gasteiger charge is -2.24. The smallest absolute Gasteiger partial charge is 0.415 e. The van der Waals surface area contributed by atoms with Crippen molar-refractivity contribution in [3.63, 3.8) is 0 Å². The molecule has 7 nitrogen and oxygen atoms in total. The second-order valence-corrected chi connectivity index (χ2v) is 6.01. The Hall–Kier alpha value is -2.90. The van der Waals surface area contributed by atoms with E-state index in [0.29, 0.717) is 30.8 Å². The number of halogens is 1. The number of anilines is 2. The van der Waals surface area contributed by atoms with Gasteiger partial charge in [0.2, 0.25) is 6.10 Å². The number of amides is 2. The van der Waals surface area contributed by atoms with Gasteiger partial charge in [-0.2, -0.15) is 0 Å². The highest BCUT2D eigenvalue weighted by atomic mass is 19.1. The summed E-state index contributed by atoms with van der Waals surface area (Å²) in [5.41, 5.74) is 6.75. The van der Waals surface area contributed by atoms with Crippen molar-refractivity contribution in [2.45, 2.75) is 25.0 Å². The van der Waals surface area contributed by atoms with E-state index in [0.717, 1.165) is 5.56 Å². The summed E-state index contributed by atoms with van der Waals surface area (Å²) in [4.78, 5) is 37.6. The molecule has 3 heterocycles. The Morgan fingerprint density at radius 1 is 1.29 bits per heavy atom. The highest BCUT2D eigenvalue weighted by molar-refractivity contribution is 5.99. The molecule has 0 unspecified atom stereocenters. The molecular formula is C16H14FN3O4. The maximum atomic E-state index is 14.5. The van der Waals surface area contributed by atoms with Crippen LogP contribution in [0.1, 0.15) is 12.0 Å². The summed E-state index contributed by atoms with van der Waals surface area (Å²) >= 11 is 0. The molecule has 2 atom stereocenters. The first-order chi connectivity index (χ1) is 11.5. The van der Waals surface area contributed by atoms with Gasteiger partial charge < -0.3 is 15.4 Å². The van der Waals surface area contributed by atoms with E-state index < -0.39 is 30.0 Å². The lowest BCUT2D eigenvalue weighted by atomic mass is 10.0. The van der Waals surface area contributed by atoms with Crippen LogP contribution in [0, 0.1) is 5.82 Å². The molecular weight excluding hydrogens is 317 g/mol. The number of carbonyl (C=O) groups excluding carboxylic acids is 3. The van der Waals surface area contributed by atoms with E-state index in [4.69, 9.17) is 10.5 Å². The molecule has 4 rings (SSSR count). The first kappa shape index (κ1) is 14.7. The summed E-state index contributed by atoms with van der Waals surface area (Å²) in [6.07, 6.45) is 1.90. The molecule has 0 spiro atoms. The quantitative estimate of drug-likeness (QED) is 0.867. The zero-order chi connectivity index (χ0) is 17.0. The molecule has 0 bridgehead atoms. The third-order valence-corrected chi connectivity index (χ3v) is 4.57. The highest BCUT2D eigenvalue weighted by Crippen LogP contribution is 2.41. The normalized spacial score (nSPS) is 24.9. The molecule has 1 aromatic rings. The Balaban J connectivity index is 1.72. The van der Waals surface area contributed by atoms with Crippen molar-refractivity contribution in [3.05, 3.63) is 35.8 Å². The average Bonchev–Trinajstić information content (AvgIpc) is 3.05. The summed E-state index contributed by atoms with van der Waals surface area (Å²) in [5.74, 6) is -1.23. The zero-order valence-corrected chi connectivity index (χ0v) is 12.6. The van der Waals surface area contributed by atoms with Gasteiger partial charge in [-0.25, -0.2) is 9.18 Å². The van der Waals surface area contributed by atoms with E-state index in [9.17, 15) is 18.8 Å². The predicted octanol–water partition coefficient (Wildman–Crippen LogP) is 0.854. The second-order valence-electron chi connectivity index (χ2n) is 6.01. The van der Waals surface area contributed by atoms with E-state index in [-0.39, 0.29) is 5.78 Å². The van der Waals surface area contributed by atoms with E-state index >= 15 is 0 Å². The van der Waals surface area contributed by atoms with Crippen LogP contribution < -0.4 is 15.5 Å². The van der Waals surface area contributed by atoms with Crippen LogP contribution in [0.3, 0.4) is 0 Å². The minimum atomic E-state index is -1.04. The number of hydrogen-bond acceptors (Lipinski definition) is 5. The first-order valence-corrected chi connectivity index (χ1v) is 7.55. The van der Waals surface area contributed by atoms with Gasteiger partial charge in [-0.15, -0.1) is 0 Å². The third kappa shape index (κ3) is 2.06. The van der Waals surface area contributed by atoms with Crippen LogP contribution in [0.25, 0.3) is 0 Å². The topological polar surface area (TPSA) is 92.9 Å². The number of benzene rings is 1. The number of cyclic esters (lactones) is 1. The molecule has 124 valence electrons. The fraction of sp³-hybridized carbons (Fsp3) is 0.312. The van der Waals surface area contributed by atoms with Crippen molar-refractivity contribution in [1.29, 1.82) is 0 Å². The van der Waals surface area contributed by atoms with Crippen LogP contribution in [0.15, 0.2) is 24.4 Å². The Bertz CT molecular complexity index is 807. The van der Waals surface area contributed by atoms with Gasteiger partial charge in [-0.3, -0.25) is 14.5 Å². The van der Waals surface area contributed by atoms with Crippen LogP contribution >= 0.6 is 0 Å². The van der Waals surface area contributed by atoms with Gasteiger partial charge in [-0.1, -0.05) is 0 Å². The van der Waals surface area contributed by atoms with Crippen LogP contribution in [0.4, 0.5) is 20.6 Å². The molecule has 1 saturated heterocycles. The van der Waals surface area contributed by atoms with Gasteiger partial charge in [-0.05, 0) is 24.1 Å². The Kier molecular flexibility index (Phi) is 3.09. The number of allylic oxidation sites excluding steroid dienone is 1. The summed E-state index contributed by atoms with van der Waals surface area (Å²) in [6, 6.07) is 2.37. The average molecular weight is 331 g/mol. The number of hydrogen-bond donors (Lipinski definition) is 1. The van der Waals surface area contributed by atoms with Crippen LogP contribution in [0.2, 0.25) is 0 Å². The molecule has 0 radical (unpaired) electrons. The predicted molar refractivity (Wildman–Crippen MR) is 81.9 cm³/mol. The summed E-state index contributed by atoms with van der Waals surface area (Å²) in [6.45, 7) is 0.393. The van der Waals surface area contributed by atoms with Crippen molar-refractivity contribution >= 4 is 29.2 Å². The van der Waals surface area contributed by atoms with Gasteiger partial charge in [0.25, 0.3) is 5.91 Å². The molecule has 24 heavy (non-hydrogen) atoms. The zero-order valence-electron chi connectivity index (χ0n) is 12.6. The number of carbonyl (C=O) groups is 3. The van der Waals surface area contributed by atoms with E-state index in [1.165, 1.54) is 17.0 Å². The first-order valence-electron chi connectivity index (χ1n) is 7.55. The Morgan fingerprint density at radius 3 is 2.75 bits per heavy atom. The number of nitrogens with two attached hydrogens (primary N) is 1. The summed E-state index contributed by atoms with van der Waals surface area (Å²) in [5, 5.41) is 0. The lowest BCUT2D eigenvalue weighted by molar-refractivity contribution is -0.125. The summed E-state index contributed by atoms with van der Waals surface area (Å²) < 4.78 is 19.5. The van der Waals surface area contributed by atoms with Gasteiger partial charge in [0.15, 0.2) is 5.78 Å². The number of ether oxygens (including phenoxy) is 1. The maximum absolute atomic E-state index is 14.5. The molecule has 0 aliphatic carbocycles. The number of primary amides is 1. The molecule has 0 aromatic heterocycles. The summed E-state index contributed by atoms with van der Waals surface area (Å²) in [7, 11) is 0. The molecule has 8 heteroatoms. The Morgan fingerprint density at radius 2 is 2.08 bits per heavy atom. The second kappa shape index (κ2) is 5.05. The number of fused-ring (bicyclic) bond motifs is 3. The highest BCUT2D eigenvalue weighted by Gasteiger charge is 2.50. The molecule has 1 aromatic carbocycles. The lowest BCUT2D eigenvalue weighted by Crippen LogP contribution is -2.41. The number of nitrogens with zero attached hydrogens (tertiary/aromatic N) is 2. The standard InChI is InChI=1S/C16H14FN3O4/c17-10-7-11-8(5-12(10)19-3-1-9(21)2-4-19)6-13-14(15(18)22)24-16(23)20(11)13/h1,3,5,7,13-14H,2,4,6H2,(H2,18,22)/t13-,14+/m0/s1. The van der Waals surface area contributed by atoms with Crippen molar-refractivity contribution < 1.29 is 23.5 Å². The largest absolute Gasteiger partial charge is 0.433 e. The van der Waals surface area contributed by atoms with Gasteiger partial charge in [0, 0.05) is 25.2 Å². The molecule has 3 aliphatic heterocycles.